The predicted molar refractivity (Wildman–Crippen MR) is 153 cm³/mol. The number of hydrogen-bond donors (Lipinski definition) is 1. The van der Waals surface area contributed by atoms with Gasteiger partial charge >= 0.3 is 18.9 Å². The van der Waals surface area contributed by atoms with Crippen molar-refractivity contribution in [2.75, 3.05) is 0 Å². The zero-order valence-electron chi connectivity index (χ0n) is 24.8. The topological polar surface area (TPSA) is 56.8 Å². The maximum Gasteiger partial charge on any atom is 0.573 e. The lowest BCUT2D eigenvalue weighted by atomic mass is 9.74. The van der Waals surface area contributed by atoms with Crippen LogP contribution in [-0.4, -0.2) is 30.9 Å². The van der Waals surface area contributed by atoms with E-state index in [4.69, 9.17) is 4.74 Å². The van der Waals surface area contributed by atoms with E-state index in [0.717, 1.165) is 42.5 Å². The minimum Gasteiger partial charge on any atom is -0.488 e. The lowest BCUT2D eigenvalue weighted by Gasteiger charge is -2.39. The predicted octanol–water partition coefficient (Wildman–Crippen LogP) is 9.08. The van der Waals surface area contributed by atoms with Gasteiger partial charge in [0.25, 0.3) is 5.91 Å². The molecule has 1 unspecified atom stereocenters. The van der Waals surface area contributed by atoms with Crippen molar-refractivity contribution in [1.82, 2.24) is 5.32 Å². The minimum absolute atomic E-state index is 0.0331. The second-order valence-electron chi connectivity index (χ2n) is 10.9. The molecule has 0 heterocycles. The van der Waals surface area contributed by atoms with Gasteiger partial charge in [-0.3, -0.25) is 4.79 Å². The third-order valence-corrected chi connectivity index (χ3v) is 6.95. The highest BCUT2D eigenvalue weighted by molar-refractivity contribution is 5.95. The van der Waals surface area contributed by atoms with Crippen molar-refractivity contribution in [1.29, 1.82) is 0 Å². The molecule has 1 amide bonds. The summed E-state index contributed by atoms with van der Waals surface area (Å²) in [5.74, 6) is -5.58. The third-order valence-electron chi connectivity index (χ3n) is 6.95. The van der Waals surface area contributed by atoms with E-state index in [1.165, 1.54) is 12.1 Å². The van der Waals surface area contributed by atoms with E-state index in [9.17, 15) is 39.9 Å². The summed E-state index contributed by atoms with van der Waals surface area (Å²) in [4.78, 5) is 13.9. The molecule has 0 fully saturated rings. The molecule has 14 heteroatoms. The van der Waals surface area contributed by atoms with Gasteiger partial charge in [0, 0.05) is 11.6 Å². The van der Waals surface area contributed by atoms with E-state index >= 15 is 4.39 Å². The van der Waals surface area contributed by atoms with Gasteiger partial charge < -0.3 is 19.5 Å². The van der Waals surface area contributed by atoms with Gasteiger partial charge in [-0.05, 0) is 86.2 Å². The SMILES string of the molecule is CC(C)Oc1cc([C@@](CC2C=CC=CC2)(NC(=O)c2cccc(OC(F)(F)F)c2)c2cc(F)cc(OC(F)(F)C(F)F)c2)ccc1F. The van der Waals surface area contributed by atoms with Crippen LogP contribution in [0.1, 0.15) is 48.2 Å². The van der Waals surface area contributed by atoms with E-state index in [1.807, 2.05) is 0 Å². The molecule has 5 nitrogen and oxygen atoms in total. The Morgan fingerprint density at radius 1 is 0.894 bits per heavy atom. The number of hydrogen-bond acceptors (Lipinski definition) is 4. The lowest BCUT2D eigenvalue weighted by Crippen LogP contribution is -2.48. The van der Waals surface area contributed by atoms with E-state index in [2.05, 4.69) is 14.8 Å². The Labute approximate surface area is 263 Å². The molecule has 1 aliphatic rings. The Bertz CT molecular complexity index is 1640. The summed E-state index contributed by atoms with van der Waals surface area (Å²) in [6.07, 6.45) is -7.82. The van der Waals surface area contributed by atoms with E-state index in [-0.39, 0.29) is 28.9 Å². The van der Waals surface area contributed by atoms with Crippen molar-refractivity contribution in [2.24, 2.45) is 5.92 Å². The third kappa shape index (κ3) is 9.01. The second-order valence-corrected chi connectivity index (χ2v) is 10.9. The van der Waals surface area contributed by atoms with Gasteiger partial charge in [-0.2, -0.15) is 17.6 Å². The number of amides is 1. The van der Waals surface area contributed by atoms with Crippen LogP contribution in [0.5, 0.6) is 17.2 Å². The fourth-order valence-corrected chi connectivity index (χ4v) is 5.06. The molecule has 0 spiro atoms. The molecule has 0 aliphatic heterocycles. The molecule has 3 aromatic rings. The number of carbonyl (C=O) groups is 1. The van der Waals surface area contributed by atoms with Gasteiger partial charge in [-0.15, -0.1) is 13.2 Å². The molecule has 1 N–H and O–H groups in total. The first-order chi connectivity index (χ1) is 22.0. The van der Waals surface area contributed by atoms with E-state index in [0.29, 0.717) is 12.5 Å². The van der Waals surface area contributed by atoms with Gasteiger partial charge in [-0.25, -0.2) is 8.78 Å². The number of allylic oxidation sites excluding steroid dienone is 4. The Hall–Kier alpha value is -4.62. The van der Waals surface area contributed by atoms with Crippen molar-refractivity contribution >= 4 is 5.91 Å². The van der Waals surface area contributed by atoms with Gasteiger partial charge in [0.05, 0.1) is 11.6 Å². The Morgan fingerprint density at radius 2 is 1.64 bits per heavy atom. The fourth-order valence-electron chi connectivity index (χ4n) is 5.06. The fraction of sp³-hybridized carbons (Fsp3) is 0.303. The summed E-state index contributed by atoms with van der Waals surface area (Å²) in [5, 5.41) is 2.69. The summed E-state index contributed by atoms with van der Waals surface area (Å²) < 4.78 is 136. The molecule has 1 aliphatic carbocycles. The zero-order chi connectivity index (χ0) is 34.6. The molecule has 2 atom stereocenters. The van der Waals surface area contributed by atoms with Crippen LogP contribution in [0.15, 0.2) is 85.0 Å². The standard InChI is InChI=1S/C33H28F9NO4/c1-19(2)45-28-16-22(11-12-27(28)35)31(18-20-7-4-3-5-8-20,23-14-24(34)17-26(15-23)46-32(38,39)30(36)37)43-29(44)21-9-6-10-25(13-21)47-33(40,41)42/h3-7,9-17,19-20,30H,8,18H2,1-2H3,(H,43,44)/t20?,31-/m1/s1. The number of halogens is 9. The second kappa shape index (κ2) is 14.0. The Balaban J connectivity index is 1.96. The average Bonchev–Trinajstić information content (AvgIpc) is 2.97. The van der Waals surface area contributed by atoms with Crippen LogP contribution >= 0.6 is 0 Å². The lowest BCUT2D eigenvalue weighted by molar-refractivity contribution is -0.274. The molecule has 0 aromatic heterocycles. The molecule has 3 aromatic carbocycles. The zero-order valence-corrected chi connectivity index (χ0v) is 24.8. The number of rotatable bonds is 12. The maximum atomic E-state index is 15.2. The summed E-state index contributed by atoms with van der Waals surface area (Å²) in [6.45, 7) is 3.21. The van der Waals surface area contributed by atoms with Gasteiger partial charge in [0.1, 0.15) is 17.3 Å². The highest BCUT2D eigenvalue weighted by atomic mass is 19.4. The van der Waals surface area contributed by atoms with Crippen LogP contribution in [0, 0.1) is 17.6 Å². The van der Waals surface area contributed by atoms with Crippen LogP contribution in [-0.2, 0) is 5.54 Å². The van der Waals surface area contributed by atoms with Crippen molar-refractivity contribution in [3.05, 3.63) is 113 Å². The highest BCUT2D eigenvalue weighted by Gasteiger charge is 2.45. The van der Waals surface area contributed by atoms with Crippen LogP contribution in [0.3, 0.4) is 0 Å². The number of nitrogens with one attached hydrogen (secondary N) is 1. The molecule has 0 radical (unpaired) electrons. The molecular weight excluding hydrogens is 645 g/mol. The van der Waals surface area contributed by atoms with E-state index in [1.54, 1.807) is 38.2 Å². The summed E-state index contributed by atoms with van der Waals surface area (Å²) in [5.41, 5.74) is -2.60. The largest absolute Gasteiger partial charge is 0.573 e. The van der Waals surface area contributed by atoms with Gasteiger partial charge in [-0.1, -0.05) is 36.4 Å². The Kier molecular flexibility index (Phi) is 10.5. The molecule has 0 saturated carbocycles. The first kappa shape index (κ1) is 35.2. The smallest absolute Gasteiger partial charge is 0.488 e. The molecule has 4 rings (SSSR count). The quantitative estimate of drug-likeness (QED) is 0.195. The maximum absolute atomic E-state index is 15.2. The van der Waals surface area contributed by atoms with Crippen LogP contribution < -0.4 is 19.5 Å². The summed E-state index contributed by atoms with van der Waals surface area (Å²) in [6, 6.07) is 9.50. The van der Waals surface area contributed by atoms with Crippen LogP contribution in [0.2, 0.25) is 0 Å². The summed E-state index contributed by atoms with van der Waals surface area (Å²) >= 11 is 0. The number of ether oxygens (including phenoxy) is 3. The molecule has 0 saturated heterocycles. The normalized spacial score (nSPS) is 16.2. The van der Waals surface area contributed by atoms with Crippen LogP contribution in [0.25, 0.3) is 0 Å². The summed E-state index contributed by atoms with van der Waals surface area (Å²) in [7, 11) is 0. The van der Waals surface area contributed by atoms with Gasteiger partial charge in [0.2, 0.25) is 0 Å². The first-order valence-electron chi connectivity index (χ1n) is 14.1. The minimum atomic E-state index is -5.08. The first-order valence-corrected chi connectivity index (χ1v) is 14.1. The van der Waals surface area contributed by atoms with Gasteiger partial charge in [0.15, 0.2) is 11.6 Å². The number of alkyl halides is 7. The van der Waals surface area contributed by atoms with Crippen LogP contribution in [0.4, 0.5) is 39.5 Å². The molecule has 0 bridgehead atoms. The molecule has 252 valence electrons. The van der Waals surface area contributed by atoms with Crippen molar-refractivity contribution in [3.63, 3.8) is 0 Å². The van der Waals surface area contributed by atoms with Crippen molar-refractivity contribution < 1.29 is 58.5 Å². The molecular formula is C33H28F9NO4. The van der Waals surface area contributed by atoms with Crippen molar-refractivity contribution in [2.45, 2.75) is 57.2 Å². The monoisotopic (exact) mass is 673 g/mol. The number of carbonyl (C=O) groups excluding carboxylic acids is 1. The molecule has 47 heavy (non-hydrogen) atoms. The Morgan fingerprint density at radius 3 is 2.28 bits per heavy atom. The number of benzene rings is 3. The highest BCUT2D eigenvalue weighted by Crippen LogP contribution is 2.42. The average molecular weight is 674 g/mol. The van der Waals surface area contributed by atoms with Crippen molar-refractivity contribution in [3.8, 4) is 17.2 Å². The van der Waals surface area contributed by atoms with E-state index < -0.39 is 65.5 Å².